The molecular weight excluding hydrogens is 552 g/mol. The Morgan fingerprint density at radius 3 is 2.65 bits per heavy atom. The van der Waals surface area contributed by atoms with E-state index in [4.69, 9.17) is 4.42 Å². The molecule has 1 N–H and O–H groups in total. The number of hydrogen-bond acceptors (Lipinski definition) is 6. The molecule has 1 aliphatic heterocycles. The molecule has 2 fully saturated rings. The van der Waals surface area contributed by atoms with E-state index in [2.05, 4.69) is 15.3 Å². The number of pyridine rings is 2. The van der Waals surface area contributed by atoms with Gasteiger partial charge >= 0.3 is 6.18 Å². The molecule has 208 valence electrons. The van der Waals surface area contributed by atoms with Crippen LogP contribution in [-0.4, -0.2) is 40.7 Å². The van der Waals surface area contributed by atoms with Gasteiger partial charge in [-0.1, -0.05) is 0 Å². The molecule has 1 aliphatic carbocycles. The van der Waals surface area contributed by atoms with Gasteiger partial charge in [0.15, 0.2) is 0 Å². The fourth-order valence-corrected chi connectivity index (χ4v) is 7.42. The fraction of sp³-hybridized carbons (Fsp3) is 0.296. The van der Waals surface area contributed by atoms with Gasteiger partial charge in [-0.3, -0.25) is 14.8 Å². The summed E-state index contributed by atoms with van der Waals surface area (Å²) in [6.07, 6.45) is -0.434. The summed E-state index contributed by atoms with van der Waals surface area (Å²) in [5.74, 6) is -1.18. The van der Waals surface area contributed by atoms with Crippen molar-refractivity contribution in [3.8, 4) is 11.3 Å². The van der Waals surface area contributed by atoms with Crippen LogP contribution >= 0.6 is 0 Å². The van der Waals surface area contributed by atoms with Crippen LogP contribution in [-0.2, 0) is 27.5 Å². The maximum Gasteiger partial charge on any atom is 0.417 e. The van der Waals surface area contributed by atoms with E-state index in [0.29, 0.717) is 41.6 Å². The molecule has 3 aromatic heterocycles. The minimum Gasteiger partial charge on any atom is -0.443 e. The largest absolute Gasteiger partial charge is 0.443 e. The Morgan fingerprint density at radius 1 is 1.07 bits per heavy atom. The number of alkyl halides is 3. The summed E-state index contributed by atoms with van der Waals surface area (Å²) in [4.78, 5) is 21.5. The van der Waals surface area contributed by atoms with E-state index in [0.717, 1.165) is 12.3 Å². The first-order valence-electron chi connectivity index (χ1n) is 12.5. The molecule has 6 rings (SSSR count). The number of amides is 1. The van der Waals surface area contributed by atoms with Crippen LogP contribution in [0.1, 0.15) is 30.5 Å². The third-order valence-corrected chi connectivity index (χ3v) is 9.22. The third kappa shape index (κ3) is 4.73. The topological polar surface area (TPSA) is 105 Å². The molecule has 4 aromatic rings. The summed E-state index contributed by atoms with van der Waals surface area (Å²) in [6, 6.07) is 9.04. The average Bonchev–Trinajstić information content (AvgIpc) is 3.66. The molecule has 1 unspecified atom stereocenters. The number of aromatic nitrogens is 2. The first kappa shape index (κ1) is 26.4. The number of rotatable bonds is 6. The molecule has 0 radical (unpaired) electrons. The van der Waals surface area contributed by atoms with Crippen LogP contribution < -0.4 is 5.32 Å². The van der Waals surface area contributed by atoms with Gasteiger partial charge < -0.3 is 9.73 Å². The van der Waals surface area contributed by atoms with Gasteiger partial charge in [-0.2, -0.15) is 17.5 Å². The van der Waals surface area contributed by atoms with Gasteiger partial charge in [-0.05, 0) is 67.6 Å². The first-order valence-corrected chi connectivity index (χ1v) is 13.9. The van der Waals surface area contributed by atoms with Crippen LogP contribution in [0.25, 0.3) is 22.2 Å². The minimum absolute atomic E-state index is 0.0288. The van der Waals surface area contributed by atoms with Crippen LogP contribution in [0.5, 0.6) is 0 Å². The zero-order valence-corrected chi connectivity index (χ0v) is 21.5. The Kier molecular flexibility index (Phi) is 6.37. The maximum absolute atomic E-state index is 13.6. The second-order valence-corrected chi connectivity index (χ2v) is 11.7. The number of nitrogens with one attached hydrogen (secondary N) is 1. The van der Waals surface area contributed by atoms with E-state index in [1.165, 1.54) is 40.8 Å². The Bertz CT molecular complexity index is 1710. The first-order chi connectivity index (χ1) is 19.0. The van der Waals surface area contributed by atoms with Gasteiger partial charge in [0, 0.05) is 35.5 Å². The smallest absolute Gasteiger partial charge is 0.417 e. The summed E-state index contributed by atoms with van der Waals surface area (Å²) in [5, 5.41) is 2.72. The van der Waals surface area contributed by atoms with Gasteiger partial charge in [0.2, 0.25) is 11.0 Å². The van der Waals surface area contributed by atoms with Crippen molar-refractivity contribution < 1.29 is 35.2 Å². The zero-order chi connectivity index (χ0) is 28.2. The van der Waals surface area contributed by atoms with Crippen molar-refractivity contribution in [1.82, 2.24) is 19.6 Å². The fourth-order valence-electron chi connectivity index (χ4n) is 5.59. The lowest BCUT2D eigenvalue weighted by molar-refractivity contribution is -0.137. The molecule has 1 aromatic carbocycles. The minimum atomic E-state index is -4.50. The highest BCUT2D eigenvalue weighted by Crippen LogP contribution is 2.46. The average molecular weight is 575 g/mol. The summed E-state index contributed by atoms with van der Waals surface area (Å²) in [5.41, 5.74) is 0.596. The van der Waals surface area contributed by atoms with E-state index in [1.807, 2.05) is 0 Å². The summed E-state index contributed by atoms with van der Waals surface area (Å²) in [6.45, 7) is -0.0288. The highest BCUT2D eigenvalue weighted by atomic mass is 32.2. The van der Waals surface area contributed by atoms with Crippen molar-refractivity contribution in [2.45, 2.75) is 49.2 Å². The van der Waals surface area contributed by atoms with Crippen LogP contribution in [0, 0.1) is 11.7 Å². The third-order valence-electron chi connectivity index (χ3n) is 7.43. The van der Waals surface area contributed by atoms with Gasteiger partial charge in [0.1, 0.15) is 17.4 Å². The highest BCUT2D eigenvalue weighted by Gasteiger charge is 2.55. The van der Waals surface area contributed by atoms with Crippen molar-refractivity contribution in [3.05, 3.63) is 78.0 Å². The normalized spacial score (nSPS) is 21.2. The predicted octanol–water partition coefficient (Wildman–Crippen LogP) is 4.91. The van der Waals surface area contributed by atoms with E-state index in [-0.39, 0.29) is 29.2 Å². The molecule has 13 heteroatoms. The molecule has 40 heavy (non-hydrogen) atoms. The Balaban J connectivity index is 1.20. The van der Waals surface area contributed by atoms with E-state index >= 15 is 0 Å². The number of furan rings is 1. The lowest BCUT2D eigenvalue weighted by Crippen LogP contribution is -2.52. The molecule has 0 spiro atoms. The summed E-state index contributed by atoms with van der Waals surface area (Å²) in [7, 11) is -4.20. The van der Waals surface area contributed by atoms with Crippen LogP contribution in [0.4, 0.5) is 17.6 Å². The van der Waals surface area contributed by atoms with E-state index in [1.54, 1.807) is 12.1 Å². The second kappa shape index (κ2) is 9.66. The van der Waals surface area contributed by atoms with Crippen molar-refractivity contribution in [1.29, 1.82) is 0 Å². The number of halogens is 4. The number of piperidine rings is 1. The van der Waals surface area contributed by atoms with Crippen molar-refractivity contribution >= 4 is 26.9 Å². The standard InChI is InChI=1S/C27H22F4N4O4S/c28-19-3-6-23-17(9-19)12-24(39-23)40(37,38)35-21-4-1-16(11-21)25(35)26(36)34-14-20-10-15(7-8-32-20)22-5-2-18(13-33-22)27(29,30)31/h2-3,5-10,12-13,16,21,25H,1,4,11,14H2,(H,34,36)/t16?,21-,25+/m1/s1. The van der Waals surface area contributed by atoms with Crippen molar-refractivity contribution in [3.63, 3.8) is 0 Å². The molecule has 8 nitrogen and oxygen atoms in total. The number of nitrogens with zero attached hydrogens (tertiary/aromatic N) is 3. The highest BCUT2D eigenvalue weighted by molar-refractivity contribution is 7.89. The van der Waals surface area contributed by atoms with Crippen molar-refractivity contribution in [2.24, 2.45) is 5.92 Å². The lowest BCUT2D eigenvalue weighted by Gasteiger charge is -2.32. The quantitative estimate of drug-likeness (QED) is 0.329. The van der Waals surface area contributed by atoms with E-state index in [9.17, 15) is 30.8 Å². The summed E-state index contributed by atoms with van der Waals surface area (Å²) < 4.78 is 86.2. The molecule has 2 aliphatic rings. The molecule has 1 saturated heterocycles. The predicted molar refractivity (Wildman–Crippen MR) is 134 cm³/mol. The van der Waals surface area contributed by atoms with Crippen LogP contribution in [0.2, 0.25) is 0 Å². The molecule has 1 amide bonds. The SMILES string of the molecule is O=C(NCc1cc(-c2ccc(C(F)(F)F)cn2)ccn1)[C@@H]1C2CC[C@H](C2)N1S(=O)(=O)c1cc2cc(F)ccc2o1. The maximum atomic E-state index is 13.6. The van der Waals surface area contributed by atoms with Crippen molar-refractivity contribution in [2.75, 3.05) is 0 Å². The van der Waals surface area contributed by atoms with Crippen LogP contribution in [0.3, 0.4) is 0 Å². The molecule has 3 atom stereocenters. The second-order valence-electron chi connectivity index (χ2n) is 9.94. The zero-order valence-electron chi connectivity index (χ0n) is 20.7. The molecule has 4 heterocycles. The number of fused-ring (bicyclic) bond motifs is 3. The number of carbonyl (C=O) groups is 1. The van der Waals surface area contributed by atoms with Gasteiger partial charge in [0.25, 0.3) is 10.0 Å². The van der Waals surface area contributed by atoms with Gasteiger partial charge in [0.05, 0.1) is 23.5 Å². The van der Waals surface area contributed by atoms with E-state index < -0.39 is 39.5 Å². The number of carbonyl (C=O) groups excluding carboxylic acids is 1. The summed E-state index contributed by atoms with van der Waals surface area (Å²) >= 11 is 0. The monoisotopic (exact) mass is 574 g/mol. The Labute approximate surface area is 226 Å². The molecular formula is C27H22F4N4O4S. The number of benzene rings is 1. The number of sulfonamides is 1. The Morgan fingerprint density at radius 2 is 1.90 bits per heavy atom. The lowest BCUT2D eigenvalue weighted by atomic mass is 9.99. The molecule has 1 saturated carbocycles. The van der Waals surface area contributed by atoms with Crippen LogP contribution in [0.15, 0.2) is 70.4 Å². The number of hydrogen-bond donors (Lipinski definition) is 1. The van der Waals surface area contributed by atoms with Gasteiger partial charge in [-0.25, -0.2) is 12.8 Å². The Hall–Kier alpha value is -3.84. The van der Waals surface area contributed by atoms with Gasteiger partial charge in [-0.15, -0.1) is 0 Å². The molecule has 2 bridgehead atoms.